The maximum absolute atomic E-state index is 12.8. The molecule has 7 nitrogen and oxygen atoms in total. The zero-order valence-corrected chi connectivity index (χ0v) is 19.6. The molecule has 7 heteroatoms. The van der Waals surface area contributed by atoms with E-state index in [-0.39, 0.29) is 29.1 Å². The second kappa shape index (κ2) is 11.7. The monoisotopic (exact) mass is 482 g/mol. The van der Waals surface area contributed by atoms with Crippen molar-refractivity contribution in [2.45, 2.75) is 19.3 Å². The fourth-order valence-corrected chi connectivity index (χ4v) is 3.81. The van der Waals surface area contributed by atoms with Crippen LogP contribution in [0.15, 0.2) is 91.0 Å². The van der Waals surface area contributed by atoms with Crippen LogP contribution in [0.3, 0.4) is 0 Å². The van der Waals surface area contributed by atoms with Gasteiger partial charge in [0.05, 0.1) is 29.1 Å². The number of carbonyl (C=O) groups excluding carboxylic acids is 2. The number of carbonyl (C=O) groups is 3. The minimum atomic E-state index is -1.14. The van der Waals surface area contributed by atoms with Crippen molar-refractivity contribution in [1.29, 1.82) is 0 Å². The number of hydrogen-bond acceptors (Lipinski definition) is 4. The van der Waals surface area contributed by atoms with Crippen LogP contribution in [0.1, 0.15) is 40.0 Å². The van der Waals surface area contributed by atoms with Crippen LogP contribution in [0.2, 0.25) is 0 Å². The van der Waals surface area contributed by atoms with Crippen molar-refractivity contribution in [3.05, 3.63) is 102 Å². The van der Waals surface area contributed by atoms with E-state index >= 15 is 0 Å². The molecule has 3 N–H and O–H groups in total. The lowest BCUT2D eigenvalue weighted by Gasteiger charge is -2.13. The summed E-state index contributed by atoms with van der Waals surface area (Å²) in [5.41, 5.74) is 0.770. The zero-order valence-electron chi connectivity index (χ0n) is 19.6. The minimum Gasteiger partial charge on any atom is -0.494 e. The first kappa shape index (κ1) is 24.5. The number of benzene rings is 4. The number of hydrogen-bond donors (Lipinski definition) is 3. The lowest BCUT2D eigenvalue weighted by atomic mass is 10.1. The van der Waals surface area contributed by atoms with Gasteiger partial charge in [-0.05, 0) is 60.0 Å². The quantitative estimate of drug-likeness (QED) is 0.241. The van der Waals surface area contributed by atoms with Crippen molar-refractivity contribution < 1.29 is 24.2 Å². The van der Waals surface area contributed by atoms with Gasteiger partial charge in [-0.1, -0.05) is 54.6 Å². The van der Waals surface area contributed by atoms with Gasteiger partial charge >= 0.3 is 5.97 Å². The highest BCUT2D eigenvalue weighted by Crippen LogP contribution is 2.22. The molecular formula is C29H26N2O5. The first-order valence-corrected chi connectivity index (χ1v) is 11.7. The Hall–Kier alpha value is -4.65. The summed E-state index contributed by atoms with van der Waals surface area (Å²) in [7, 11) is 0. The smallest absolute Gasteiger partial charge is 0.337 e. The highest BCUT2D eigenvalue weighted by molar-refractivity contribution is 6.12. The van der Waals surface area contributed by atoms with Gasteiger partial charge in [0.25, 0.3) is 5.91 Å². The molecule has 0 spiro atoms. The van der Waals surface area contributed by atoms with E-state index in [9.17, 15) is 19.5 Å². The lowest BCUT2D eigenvalue weighted by molar-refractivity contribution is -0.116. The van der Waals surface area contributed by atoms with E-state index in [0.717, 1.165) is 16.5 Å². The molecule has 0 saturated carbocycles. The average molecular weight is 483 g/mol. The number of nitrogens with one attached hydrogen (secondary N) is 2. The molecule has 0 aliphatic rings. The fraction of sp³-hybridized carbons (Fsp3) is 0.138. The maximum atomic E-state index is 12.8. The molecule has 0 aliphatic heterocycles. The third-order valence-corrected chi connectivity index (χ3v) is 5.64. The fourth-order valence-electron chi connectivity index (χ4n) is 3.81. The lowest BCUT2D eigenvalue weighted by Crippen LogP contribution is -2.19. The number of unbranched alkanes of at least 4 members (excludes halogenated alkanes) is 1. The van der Waals surface area contributed by atoms with Crippen LogP contribution in [0.25, 0.3) is 10.8 Å². The molecule has 0 atom stereocenters. The Morgan fingerprint density at radius 2 is 1.33 bits per heavy atom. The Morgan fingerprint density at radius 3 is 2.08 bits per heavy atom. The number of para-hydroxylation sites is 2. The molecule has 0 bridgehead atoms. The van der Waals surface area contributed by atoms with E-state index in [2.05, 4.69) is 16.7 Å². The summed E-state index contributed by atoms with van der Waals surface area (Å²) in [5.74, 6) is -1.07. The largest absolute Gasteiger partial charge is 0.494 e. The predicted octanol–water partition coefficient (Wildman–Crippen LogP) is 5.98. The van der Waals surface area contributed by atoms with E-state index in [4.69, 9.17) is 4.74 Å². The minimum absolute atomic E-state index is 0.0155. The summed E-state index contributed by atoms with van der Waals surface area (Å²) < 4.78 is 5.82. The van der Waals surface area contributed by atoms with Crippen LogP contribution in [0.4, 0.5) is 11.4 Å². The van der Waals surface area contributed by atoms with Crippen molar-refractivity contribution in [2.75, 3.05) is 17.2 Å². The Balaban J connectivity index is 1.28. The Labute approximate surface area is 208 Å². The first-order chi connectivity index (χ1) is 17.5. The van der Waals surface area contributed by atoms with Gasteiger partial charge in [0.1, 0.15) is 5.75 Å². The van der Waals surface area contributed by atoms with E-state index in [0.29, 0.717) is 25.1 Å². The molecule has 0 fully saturated rings. The molecule has 0 unspecified atom stereocenters. The standard InChI is InChI=1S/C29H26N2O5/c32-27(15-7-8-18-36-22-17-16-20-9-1-2-10-21(20)19-22)30-25-13-5-3-11-23(25)28(33)31-26-14-6-4-12-24(26)29(34)35/h1-6,9-14,16-17,19H,7-8,15,18H2,(H,30,32)(H,31,33)(H,34,35). The van der Waals surface area contributed by atoms with Gasteiger partial charge in [0, 0.05) is 6.42 Å². The molecule has 0 saturated heterocycles. The molecular weight excluding hydrogens is 456 g/mol. The Bertz CT molecular complexity index is 1400. The molecule has 0 heterocycles. The van der Waals surface area contributed by atoms with Crippen LogP contribution in [0.5, 0.6) is 5.75 Å². The second-order valence-corrected chi connectivity index (χ2v) is 8.21. The van der Waals surface area contributed by atoms with Gasteiger partial charge in [-0.3, -0.25) is 9.59 Å². The number of anilines is 2. The number of carboxylic acids is 1. The average Bonchev–Trinajstić information content (AvgIpc) is 2.89. The van der Waals surface area contributed by atoms with Crippen molar-refractivity contribution >= 4 is 39.9 Å². The molecule has 4 aromatic rings. The molecule has 2 amide bonds. The molecule has 36 heavy (non-hydrogen) atoms. The highest BCUT2D eigenvalue weighted by atomic mass is 16.5. The molecule has 182 valence electrons. The number of ether oxygens (including phenoxy) is 1. The molecule has 0 aliphatic carbocycles. The van der Waals surface area contributed by atoms with E-state index in [1.807, 2.05) is 36.4 Å². The second-order valence-electron chi connectivity index (χ2n) is 8.21. The van der Waals surface area contributed by atoms with Gasteiger partial charge in [0.15, 0.2) is 0 Å². The summed E-state index contributed by atoms with van der Waals surface area (Å²) >= 11 is 0. The third kappa shape index (κ3) is 6.27. The van der Waals surface area contributed by atoms with Crippen LogP contribution < -0.4 is 15.4 Å². The Morgan fingerprint density at radius 1 is 0.694 bits per heavy atom. The highest BCUT2D eigenvalue weighted by Gasteiger charge is 2.16. The normalized spacial score (nSPS) is 10.6. The van der Waals surface area contributed by atoms with E-state index in [1.54, 1.807) is 36.4 Å². The van der Waals surface area contributed by atoms with Gasteiger partial charge in [-0.25, -0.2) is 4.79 Å². The summed E-state index contributed by atoms with van der Waals surface area (Å²) in [6, 6.07) is 26.8. The predicted molar refractivity (Wildman–Crippen MR) is 140 cm³/mol. The molecule has 0 radical (unpaired) electrons. The topological polar surface area (TPSA) is 105 Å². The SMILES string of the molecule is O=C(CCCCOc1ccc2ccccc2c1)Nc1ccccc1C(=O)Nc1ccccc1C(=O)O. The van der Waals surface area contributed by atoms with Crippen molar-refractivity contribution in [2.24, 2.45) is 0 Å². The third-order valence-electron chi connectivity index (χ3n) is 5.64. The zero-order chi connectivity index (χ0) is 25.3. The number of carboxylic acid groups (broad SMARTS) is 1. The van der Waals surface area contributed by atoms with Crippen LogP contribution in [-0.2, 0) is 4.79 Å². The first-order valence-electron chi connectivity index (χ1n) is 11.7. The molecule has 0 aromatic heterocycles. The van der Waals surface area contributed by atoms with Gasteiger partial charge < -0.3 is 20.5 Å². The van der Waals surface area contributed by atoms with Crippen LogP contribution >= 0.6 is 0 Å². The number of rotatable bonds is 10. The van der Waals surface area contributed by atoms with E-state index in [1.165, 1.54) is 12.1 Å². The molecule has 4 rings (SSSR count). The van der Waals surface area contributed by atoms with Crippen molar-refractivity contribution in [3.63, 3.8) is 0 Å². The van der Waals surface area contributed by atoms with Crippen LogP contribution in [0, 0.1) is 0 Å². The van der Waals surface area contributed by atoms with Crippen molar-refractivity contribution in [3.8, 4) is 5.75 Å². The Kier molecular flexibility index (Phi) is 7.93. The summed E-state index contributed by atoms with van der Waals surface area (Å²) in [6.07, 6.45) is 1.60. The van der Waals surface area contributed by atoms with Crippen molar-refractivity contribution in [1.82, 2.24) is 0 Å². The number of fused-ring (bicyclic) bond motifs is 1. The van der Waals surface area contributed by atoms with Gasteiger partial charge in [-0.15, -0.1) is 0 Å². The molecule has 4 aromatic carbocycles. The number of aromatic carboxylic acids is 1. The van der Waals surface area contributed by atoms with Gasteiger partial charge in [-0.2, -0.15) is 0 Å². The summed E-state index contributed by atoms with van der Waals surface area (Å²) in [4.78, 5) is 36.8. The maximum Gasteiger partial charge on any atom is 0.337 e. The van der Waals surface area contributed by atoms with Crippen LogP contribution in [-0.4, -0.2) is 29.5 Å². The van der Waals surface area contributed by atoms with Gasteiger partial charge in [0.2, 0.25) is 5.91 Å². The number of amides is 2. The van der Waals surface area contributed by atoms with E-state index < -0.39 is 11.9 Å². The summed E-state index contributed by atoms with van der Waals surface area (Å²) in [5, 5.41) is 17.0. The summed E-state index contributed by atoms with van der Waals surface area (Å²) in [6.45, 7) is 0.494.